The molecule has 0 aliphatic rings. The molecule has 2 aromatic heterocycles. The maximum absolute atomic E-state index is 14.1. The number of benzene rings is 1. The summed E-state index contributed by atoms with van der Waals surface area (Å²) >= 11 is 0.820. The molecule has 3 rings (SSSR count). The van der Waals surface area contributed by atoms with Gasteiger partial charge >= 0.3 is 11.0 Å². The highest BCUT2D eigenvalue weighted by Crippen LogP contribution is 2.31. The third-order valence-corrected chi connectivity index (χ3v) is 4.05. The fourth-order valence-corrected chi connectivity index (χ4v) is 2.98. The summed E-state index contributed by atoms with van der Waals surface area (Å²) in [4.78, 5) is 15.0. The maximum atomic E-state index is 14.1. The predicted molar refractivity (Wildman–Crippen MR) is 76.7 cm³/mol. The van der Waals surface area contributed by atoms with Gasteiger partial charge in [-0.25, -0.2) is 13.9 Å². The van der Waals surface area contributed by atoms with E-state index in [0.29, 0.717) is 28.2 Å². The Labute approximate surface area is 130 Å². The molecule has 0 unspecified atom stereocenters. The number of halogens is 4. The number of aromatic nitrogens is 2. The van der Waals surface area contributed by atoms with Crippen LogP contribution in [0, 0.1) is 5.82 Å². The van der Waals surface area contributed by atoms with Crippen LogP contribution in [0.25, 0.3) is 16.0 Å². The Morgan fingerprint density at radius 1 is 1.26 bits per heavy atom. The number of alkyl halides is 3. The van der Waals surface area contributed by atoms with Gasteiger partial charge in [0, 0.05) is 6.20 Å². The first-order valence-corrected chi connectivity index (χ1v) is 7.05. The molecule has 4 nitrogen and oxygen atoms in total. The summed E-state index contributed by atoms with van der Waals surface area (Å²) in [5.41, 5.74) is -0.875. The van der Waals surface area contributed by atoms with E-state index in [0.717, 1.165) is 15.9 Å². The highest BCUT2D eigenvalue weighted by Gasteiger charge is 2.32. The van der Waals surface area contributed by atoms with Crippen molar-refractivity contribution >= 4 is 21.6 Å². The highest BCUT2D eigenvalue weighted by molar-refractivity contribution is 7.16. The second kappa shape index (κ2) is 5.34. The molecule has 0 radical (unpaired) electrons. The van der Waals surface area contributed by atoms with Crippen LogP contribution in [0.1, 0.15) is 5.56 Å². The predicted octanol–water partition coefficient (Wildman–Crippen LogP) is 3.61. The summed E-state index contributed by atoms with van der Waals surface area (Å²) in [6.45, 7) is 0. The molecular weight excluding hydrogens is 336 g/mol. The number of rotatable bonds is 2. The third-order valence-electron chi connectivity index (χ3n) is 3.15. The van der Waals surface area contributed by atoms with Crippen LogP contribution in [0.2, 0.25) is 0 Å². The molecular formula is C14H8F4N2O2S. The van der Waals surface area contributed by atoms with E-state index in [1.807, 2.05) is 0 Å². The lowest BCUT2D eigenvalue weighted by atomic mass is 10.2. The fraction of sp³-hybridized carbons (Fsp3) is 0.143. The summed E-state index contributed by atoms with van der Waals surface area (Å²) in [7, 11) is 1.46. The van der Waals surface area contributed by atoms with E-state index in [9.17, 15) is 22.4 Å². The lowest BCUT2D eigenvalue weighted by Gasteiger charge is -2.09. The van der Waals surface area contributed by atoms with E-state index in [1.165, 1.54) is 13.2 Å². The van der Waals surface area contributed by atoms with Crippen LogP contribution < -0.4 is 9.61 Å². The Morgan fingerprint density at radius 2 is 2.00 bits per heavy atom. The van der Waals surface area contributed by atoms with Crippen molar-refractivity contribution in [1.29, 1.82) is 0 Å². The first-order chi connectivity index (χ1) is 10.8. The Balaban J connectivity index is 2.21. The van der Waals surface area contributed by atoms with Crippen LogP contribution >= 0.6 is 11.3 Å². The molecule has 0 saturated carbocycles. The highest BCUT2D eigenvalue weighted by atomic mass is 32.1. The number of nitrogens with zero attached hydrogens (tertiary/aromatic N) is 2. The first kappa shape index (κ1) is 15.5. The minimum Gasteiger partial charge on any atom is -0.497 e. The van der Waals surface area contributed by atoms with Crippen LogP contribution in [-0.4, -0.2) is 16.7 Å². The Bertz CT molecular complexity index is 946. The topological polar surface area (TPSA) is 44.1 Å². The van der Waals surface area contributed by atoms with E-state index in [-0.39, 0.29) is 0 Å². The van der Waals surface area contributed by atoms with Crippen LogP contribution in [0.15, 0.2) is 35.3 Å². The van der Waals surface area contributed by atoms with E-state index in [1.54, 1.807) is 12.1 Å². The van der Waals surface area contributed by atoms with E-state index < -0.39 is 28.2 Å². The van der Waals surface area contributed by atoms with Gasteiger partial charge in [-0.2, -0.15) is 13.2 Å². The third kappa shape index (κ3) is 2.67. The molecule has 0 spiro atoms. The molecule has 0 bridgehead atoms. The molecule has 0 fully saturated rings. The number of pyridine rings is 1. The summed E-state index contributed by atoms with van der Waals surface area (Å²) < 4.78 is 58.3. The number of hydrogen-bond donors (Lipinski definition) is 0. The van der Waals surface area contributed by atoms with Gasteiger partial charge in [0.25, 0.3) is 0 Å². The summed E-state index contributed by atoms with van der Waals surface area (Å²) in [6.07, 6.45) is -4.21. The largest absolute Gasteiger partial charge is 0.497 e. The zero-order valence-electron chi connectivity index (χ0n) is 11.5. The van der Waals surface area contributed by atoms with Crippen LogP contribution in [0.4, 0.5) is 17.6 Å². The van der Waals surface area contributed by atoms with Crippen molar-refractivity contribution in [3.63, 3.8) is 0 Å². The minimum absolute atomic E-state index is 0.321. The Morgan fingerprint density at radius 3 is 2.61 bits per heavy atom. The van der Waals surface area contributed by atoms with Crippen molar-refractivity contribution in [3.05, 3.63) is 51.5 Å². The zero-order valence-corrected chi connectivity index (χ0v) is 12.3. The van der Waals surface area contributed by atoms with E-state index in [2.05, 4.69) is 4.98 Å². The van der Waals surface area contributed by atoms with Gasteiger partial charge in [-0.1, -0.05) is 11.3 Å². The lowest BCUT2D eigenvalue weighted by Crippen LogP contribution is -2.15. The second-order valence-corrected chi connectivity index (χ2v) is 5.56. The maximum Gasteiger partial charge on any atom is 0.417 e. The molecule has 1 aromatic carbocycles. The molecule has 0 saturated heterocycles. The Hall–Kier alpha value is -2.42. The lowest BCUT2D eigenvalue weighted by molar-refractivity contribution is -0.138. The van der Waals surface area contributed by atoms with Gasteiger partial charge in [0.05, 0.1) is 22.9 Å². The molecule has 0 N–H and O–H groups in total. The standard InChI is InChI=1S/C14H8F4N2O2S/c1-22-8-2-3-10-11(5-8)23-13(21)20(10)12-9(15)4-7(6-19-12)14(16,17)18/h2-6H,1H3. The van der Waals surface area contributed by atoms with Gasteiger partial charge in [0.2, 0.25) is 0 Å². The van der Waals surface area contributed by atoms with E-state index >= 15 is 0 Å². The van der Waals surface area contributed by atoms with Gasteiger partial charge in [0.1, 0.15) is 5.75 Å². The van der Waals surface area contributed by atoms with Gasteiger partial charge in [-0.3, -0.25) is 4.79 Å². The second-order valence-electron chi connectivity index (χ2n) is 4.56. The molecule has 120 valence electrons. The van der Waals surface area contributed by atoms with Gasteiger partial charge < -0.3 is 4.74 Å². The quantitative estimate of drug-likeness (QED) is 0.667. The van der Waals surface area contributed by atoms with Crippen molar-refractivity contribution in [1.82, 2.24) is 9.55 Å². The summed E-state index contributed by atoms with van der Waals surface area (Å²) in [5.74, 6) is -1.19. The molecule has 23 heavy (non-hydrogen) atoms. The van der Waals surface area contributed by atoms with Gasteiger partial charge in [-0.05, 0) is 24.3 Å². The summed E-state index contributed by atoms with van der Waals surface area (Å²) in [6, 6.07) is 4.99. The van der Waals surface area contributed by atoms with Crippen molar-refractivity contribution in [2.45, 2.75) is 6.18 Å². The van der Waals surface area contributed by atoms with Gasteiger partial charge in [-0.15, -0.1) is 0 Å². The SMILES string of the molecule is COc1ccc2c(c1)sc(=O)n2-c1ncc(C(F)(F)F)cc1F. The molecule has 0 atom stereocenters. The van der Waals surface area contributed by atoms with Crippen molar-refractivity contribution < 1.29 is 22.3 Å². The molecule has 2 heterocycles. The molecule has 0 amide bonds. The van der Waals surface area contributed by atoms with Crippen molar-refractivity contribution in [3.8, 4) is 11.6 Å². The Kier molecular flexibility index (Phi) is 3.59. The average Bonchev–Trinajstić information content (AvgIpc) is 2.81. The van der Waals surface area contributed by atoms with Crippen LogP contribution in [0.5, 0.6) is 5.75 Å². The molecule has 9 heteroatoms. The number of thiazole rings is 1. The van der Waals surface area contributed by atoms with Crippen LogP contribution in [0.3, 0.4) is 0 Å². The number of fused-ring (bicyclic) bond motifs is 1. The smallest absolute Gasteiger partial charge is 0.417 e. The van der Waals surface area contributed by atoms with Crippen molar-refractivity contribution in [2.75, 3.05) is 7.11 Å². The molecule has 0 aliphatic heterocycles. The number of methoxy groups -OCH3 is 1. The number of ether oxygens (including phenoxy) is 1. The van der Waals surface area contributed by atoms with Crippen LogP contribution in [-0.2, 0) is 6.18 Å². The van der Waals surface area contributed by atoms with E-state index in [4.69, 9.17) is 4.74 Å². The van der Waals surface area contributed by atoms with Gasteiger partial charge in [0.15, 0.2) is 11.6 Å². The fourth-order valence-electron chi connectivity index (χ4n) is 2.08. The normalized spacial score (nSPS) is 11.9. The first-order valence-electron chi connectivity index (χ1n) is 6.24. The minimum atomic E-state index is -4.71. The molecule has 3 aromatic rings. The summed E-state index contributed by atoms with van der Waals surface area (Å²) in [5, 5.41) is 0. The number of hydrogen-bond acceptors (Lipinski definition) is 4. The van der Waals surface area contributed by atoms with Crippen molar-refractivity contribution in [2.24, 2.45) is 0 Å². The molecule has 0 aliphatic carbocycles. The zero-order chi connectivity index (χ0) is 16.8. The average molecular weight is 344 g/mol. The monoisotopic (exact) mass is 344 g/mol.